The molecule has 2 aliphatic heterocycles. The van der Waals surface area contributed by atoms with E-state index in [-0.39, 0.29) is 5.91 Å². The minimum absolute atomic E-state index is 0.232. The SMILES string of the molecule is CCN1CCN(c2ccc(CNC(=O)C3CCCCN3S(C)(=O)=O)cn2)CC1. The smallest absolute Gasteiger partial charge is 0.238 e. The molecule has 1 aromatic rings. The summed E-state index contributed by atoms with van der Waals surface area (Å²) in [6.07, 6.45) is 5.19. The van der Waals surface area contributed by atoms with Crippen LogP contribution in [0.4, 0.5) is 5.82 Å². The number of hydrogen-bond acceptors (Lipinski definition) is 6. The van der Waals surface area contributed by atoms with E-state index in [1.807, 2.05) is 12.1 Å². The second-order valence-corrected chi connectivity index (χ2v) is 9.48. The van der Waals surface area contributed by atoms with Gasteiger partial charge in [0, 0.05) is 45.5 Å². The van der Waals surface area contributed by atoms with Crippen LogP contribution >= 0.6 is 0 Å². The molecule has 2 saturated heterocycles. The zero-order valence-electron chi connectivity index (χ0n) is 16.8. The number of rotatable bonds is 6. The number of sulfonamides is 1. The fourth-order valence-electron chi connectivity index (χ4n) is 3.87. The molecule has 2 fully saturated rings. The van der Waals surface area contributed by atoms with Crippen LogP contribution in [0, 0.1) is 0 Å². The van der Waals surface area contributed by atoms with E-state index in [0.717, 1.165) is 56.9 Å². The highest BCUT2D eigenvalue weighted by Gasteiger charge is 2.34. The molecule has 0 bridgehead atoms. The number of carbonyl (C=O) groups is 1. The Labute approximate surface area is 168 Å². The molecule has 9 heteroatoms. The molecule has 0 aromatic carbocycles. The normalized spacial score (nSPS) is 22.2. The molecule has 0 radical (unpaired) electrons. The molecule has 2 aliphatic rings. The van der Waals surface area contributed by atoms with E-state index in [9.17, 15) is 13.2 Å². The van der Waals surface area contributed by atoms with Gasteiger partial charge in [0.1, 0.15) is 11.9 Å². The maximum Gasteiger partial charge on any atom is 0.238 e. The second kappa shape index (κ2) is 9.19. The lowest BCUT2D eigenvalue weighted by Gasteiger charge is -2.34. The van der Waals surface area contributed by atoms with Gasteiger partial charge in [-0.05, 0) is 31.0 Å². The van der Waals surface area contributed by atoms with Gasteiger partial charge in [0.25, 0.3) is 0 Å². The highest BCUT2D eigenvalue weighted by Crippen LogP contribution is 2.20. The van der Waals surface area contributed by atoms with Crippen LogP contribution in [0.3, 0.4) is 0 Å². The Morgan fingerprint density at radius 1 is 1.18 bits per heavy atom. The molecule has 3 heterocycles. The summed E-state index contributed by atoms with van der Waals surface area (Å²) in [4.78, 5) is 21.8. The molecule has 1 amide bonds. The van der Waals surface area contributed by atoms with Gasteiger partial charge in [0.15, 0.2) is 0 Å². The van der Waals surface area contributed by atoms with Gasteiger partial charge >= 0.3 is 0 Å². The lowest BCUT2D eigenvalue weighted by atomic mass is 10.0. The van der Waals surface area contributed by atoms with E-state index in [1.54, 1.807) is 6.20 Å². The van der Waals surface area contributed by atoms with Gasteiger partial charge in [-0.15, -0.1) is 0 Å². The first-order valence-corrected chi connectivity index (χ1v) is 11.9. The summed E-state index contributed by atoms with van der Waals surface area (Å²) in [5, 5.41) is 2.88. The maximum atomic E-state index is 12.6. The predicted octanol–water partition coefficient (Wildman–Crippen LogP) is 0.654. The molecule has 156 valence electrons. The van der Waals surface area contributed by atoms with Gasteiger partial charge in [0.2, 0.25) is 15.9 Å². The molecule has 1 atom stereocenters. The number of piperidine rings is 1. The fraction of sp³-hybridized carbons (Fsp3) is 0.684. The molecular weight excluding hydrogens is 378 g/mol. The van der Waals surface area contributed by atoms with Crippen molar-refractivity contribution < 1.29 is 13.2 Å². The zero-order valence-corrected chi connectivity index (χ0v) is 17.6. The average Bonchev–Trinajstić information content (AvgIpc) is 2.72. The van der Waals surface area contributed by atoms with Gasteiger partial charge < -0.3 is 15.1 Å². The van der Waals surface area contributed by atoms with Crippen LogP contribution in [0.25, 0.3) is 0 Å². The summed E-state index contributed by atoms with van der Waals surface area (Å²) < 4.78 is 25.2. The minimum atomic E-state index is -3.38. The number of piperazine rings is 1. The maximum absolute atomic E-state index is 12.6. The molecule has 0 saturated carbocycles. The average molecular weight is 410 g/mol. The monoisotopic (exact) mass is 409 g/mol. The molecule has 1 N–H and O–H groups in total. The highest BCUT2D eigenvalue weighted by atomic mass is 32.2. The van der Waals surface area contributed by atoms with E-state index in [0.29, 0.717) is 19.5 Å². The number of aromatic nitrogens is 1. The van der Waals surface area contributed by atoms with Crippen LogP contribution < -0.4 is 10.2 Å². The summed E-state index contributed by atoms with van der Waals surface area (Å²) in [5.74, 6) is 0.728. The van der Waals surface area contributed by atoms with Crippen LogP contribution in [-0.2, 0) is 21.4 Å². The first-order chi connectivity index (χ1) is 13.4. The Balaban J connectivity index is 1.54. The van der Waals surface area contributed by atoms with E-state index < -0.39 is 16.1 Å². The van der Waals surface area contributed by atoms with Crippen molar-refractivity contribution >= 4 is 21.7 Å². The van der Waals surface area contributed by atoms with Crippen LogP contribution in [0.5, 0.6) is 0 Å². The van der Waals surface area contributed by atoms with E-state index in [4.69, 9.17) is 0 Å². The Kier molecular flexibility index (Phi) is 6.90. The van der Waals surface area contributed by atoms with Crippen molar-refractivity contribution in [3.8, 4) is 0 Å². The molecule has 3 rings (SSSR count). The van der Waals surface area contributed by atoms with Crippen molar-refractivity contribution in [2.24, 2.45) is 0 Å². The quantitative estimate of drug-likeness (QED) is 0.743. The van der Waals surface area contributed by atoms with Gasteiger partial charge in [-0.3, -0.25) is 4.79 Å². The van der Waals surface area contributed by atoms with Crippen molar-refractivity contribution in [2.45, 2.75) is 38.8 Å². The number of carbonyl (C=O) groups excluding carboxylic acids is 1. The molecule has 1 unspecified atom stereocenters. The summed E-state index contributed by atoms with van der Waals surface area (Å²) in [7, 11) is -3.38. The predicted molar refractivity (Wildman–Crippen MR) is 110 cm³/mol. The van der Waals surface area contributed by atoms with E-state index in [1.165, 1.54) is 10.6 Å². The third-order valence-electron chi connectivity index (χ3n) is 5.60. The molecule has 0 aliphatic carbocycles. The number of anilines is 1. The molecule has 28 heavy (non-hydrogen) atoms. The number of amides is 1. The Morgan fingerprint density at radius 3 is 2.54 bits per heavy atom. The molecular formula is C19H31N5O3S. The highest BCUT2D eigenvalue weighted by molar-refractivity contribution is 7.88. The Morgan fingerprint density at radius 2 is 1.93 bits per heavy atom. The number of nitrogens with one attached hydrogen (secondary N) is 1. The molecule has 1 aromatic heterocycles. The molecule has 0 spiro atoms. The summed E-state index contributed by atoms with van der Waals surface area (Å²) in [6.45, 7) is 8.07. The van der Waals surface area contributed by atoms with Crippen LogP contribution in [0.1, 0.15) is 31.7 Å². The number of pyridine rings is 1. The summed E-state index contributed by atoms with van der Waals surface area (Å²) in [5.41, 5.74) is 0.908. The Hall–Kier alpha value is -1.71. The summed E-state index contributed by atoms with van der Waals surface area (Å²) in [6, 6.07) is 3.36. The van der Waals surface area contributed by atoms with Crippen molar-refractivity contribution in [1.29, 1.82) is 0 Å². The lowest BCUT2D eigenvalue weighted by molar-refractivity contribution is -0.125. The van der Waals surface area contributed by atoms with Crippen molar-refractivity contribution in [2.75, 3.05) is 50.4 Å². The van der Waals surface area contributed by atoms with Crippen LogP contribution in [0.15, 0.2) is 18.3 Å². The lowest BCUT2D eigenvalue weighted by Crippen LogP contribution is -2.51. The Bertz CT molecular complexity index is 760. The summed E-state index contributed by atoms with van der Waals surface area (Å²) >= 11 is 0. The number of nitrogens with zero attached hydrogens (tertiary/aromatic N) is 4. The van der Waals surface area contributed by atoms with Crippen LogP contribution in [-0.4, -0.2) is 80.1 Å². The first-order valence-electron chi connectivity index (χ1n) is 10.0. The minimum Gasteiger partial charge on any atom is -0.354 e. The number of likely N-dealkylation sites (N-methyl/N-ethyl adjacent to an activating group) is 1. The van der Waals surface area contributed by atoms with Gasteiger partial charge in [-0.25, -0.2) is 13.4 Å². The standard InChI is InChI=1S/C19H31N5O3S/c1-3-22-10-12-23(13-11-22)18-8-7-16(14-20-18)15-21-19(25)17-6-4-5-9-24(17)28(2,26)27/h7-8,14,17H,3-6,9-13,15H2,1-2H3,(H,21,25). The topological polar surface area (TPSA) is 85.9 Å². The van der Waals surface area contributed by atoms with E-state index >= 15 is 0 Å². The second-order valence-electron chi connectivity index (χ2n) is 7.55. The number of hydrogen-bond donors (Lipinski definition) is 1. The van der Waals surface area contributed by atoms with Crippen molar-refractivity contribution in [3.63, 3.8) is 0 Å². The third-order valence-corrected chi connectivity index (χ3v) is 6.89. The van der Waals surface area contributed by atoms with Crippen LogP contribution in [0.2, 0.25) is 0 Å². The van der Waals surface area contributed by atoms with Gasteiger partial charge in [0.05, 0.1) is 6.26 Å². The van der Waals surface area contributed by atoms with E-state index in [2.05, 4.69) is 27.0 Å². The zero-order chi connectivity index (χ0) is 20.1. The largest absolute Gasteiger partial charge is 0.354 e. The molecule has 8 nitrogen and oxygen atoms in total. The van der Waals surface area contributed by atoms with Crippen molar-refractivity contribution in [3.05, 3.63) is 23.9 Å². The van der Waals surface area contributed by atoms with Crippen molar-refractivity contribution in [1.82, 2.24) is 19.5 Å². The first kappa shape index (κ1) is 21.0. The third kappa shape index (κ3) is 5.21. The van der Waals surface area contributed by atoms with Gasteiger partial charge in [-0.2, -0.15) is 4.31 Å². The fourth-order valence-corrected chi connectivity index (χ4v) is 5.00. The van der Waals surface area contributed by atoms with Gasteiger partial charge in [-0.1, -0.05) is 19.4 Å².